The molecule has 0 bridgehead atoms. The molecule has 1 heterocycles. The summed E-state index contributed by atoms with van der Waals surface area (Å²) in [6.07, 6.45) is 1.12. The lowest BCUT2D eigenvalue weighted by Gasteiger charge is -2.23. The number of likely N-dealkylation sites (N-methyl/N-ethyl adjacent to an activating group) is 1. The van der Waals surface area contributed by atoms with Crippen molar-refractivity contribution in [2.24, 2.45) is 0 Å². The first-order valence-electron chi connectivity index (χ1n) is 6.05. The molecule has 0 aromatic heterocycles. The first-order chi connectivity index (χ1) is 8.47. The zero-order valence-corrected chi connectivity index (χ0v) is 10.6. The van der Waals surface area contributed by atoms with Crippen LogP contribution in [0.25, 0.3) is 0 Å². The fraction of sp³-hybridized carbons (Fsp3) is 0.727. The van der Waals surface area contributed by atoms with Gasteiger partial charge in [-0.2, -0.15) is 0 Å². The van der Waals surface area contributed by atoms with Gasteiger partial charge >= 0.3 is 12.0 Å². The highest BCUT2D eigenvalue weighted by Crippen LogP contribution is 2.17. The van der Waals surface area contributed by atoms with Gasteiger partial charge in [0.25, 0.3) is 0 Å². The number of rotatable bonds is 4. The van der Waals surface area contributed by atoms with Crippen LogP contribution in [-0.2, 0) is 9.59 Å². The molecule has 0 spiro atoms. The first-order valence-corrected chi connectivity index (χ1v) is 6.05. The van der Waals surface area contributed by atoms with Crippen molar-refractivity contribution in [3.8, 4) is 0 Å². The highest BCUT2D eigenvalue weighted by Gasteiger charge is 2.34. The second kappa shape index (κ2) is 6.23. The summed E-state index contributed by atoms with van der Waals surface area (Å²) < 4.78 is 0. The molecule has 3 amide bonds. The van der Waals surface area contributed by atoms with Gasteiger partial charge < -0.3 is 20.6 Å². The molecule has 7 heteroatoms. The minimum atomic E-state index is -1.01. The molecule has 0 saturated carbocycles. The maximum absolute atomic E-state index is 11.9. The van der Waals surface area contributed by atoms with Crippen LogP contribution in [0.4, 0.5) is 4.79 Å². The fourth-order valence-electron chi connectivity index (χ4n) is 1.93. The van der Waals surface area contributed by atoms with E-state index < -0.39 is 24.1 Å². The second-order valence-electron chi connectivity index (χ2n) is 4.26. The van der Waals surface area contributed by atoms with Crippen molar-refractivity contribution in [2.45, 2.75) is 38.8 Å². The van der Waals surface area contributed by atoms with E-state index in [1.807, 2.05) is 0 Å². The number of amides is 3. The number of likely N-dealkylation sites (tertiary alicyclic amines) is 1. The number of urea groups is 1. The summed E-state index contributed by atoms with van der Waals surface area (Å²) in [4.78, 5) is 35.5. The van der Waals surface area contributed by atoms with Crippen molar-refractivity contribution in [2.75, 3.05) is 13.1 Å². The summed E-state index contributed by atoms with van der Waals surface area (Å²) in [5.41, 5.74) is 0. The molecule has 2 atom stereocenters. The summed E-state index contributed by atoms with van der Waals surface area (Å²) >= 11 is 0. The van der Waals surface area contributed by atoms with Crippen molar-refractivity contribution in [3.63, 3.8) is 0 Å². The number of hydrogen-bond donors (Lipinski definition) is 3. The first kappa shape index (κ1) is 14.3. The van der Waals surface area contributed by atoms with Crippen LogP contribution >= 0.6 is 0 Å². The Morgan fingerprint density at radius 2 is 2.11 bits per heavy atom. The van der Waals surface area contributed by atoms with Crippen molar-refractivity contribution >= 4 is 17.9 Å². The van der Waals surface area contributed by atoms with Gasteiger partial charge in [-0.05, 0) is 26.7 Å². The Balaban J connectivity index is 2.54. The fourth-order valence-corrected chi connectivity index (χ4v) is 1.93. The maximum atomic E-state index is 11.9. The molecule has 18 heavy (non-hydrogen) atoms. The van der Waals surface area contributed by atoms with Gasteiger partial charge in [0.2, 0.25) is 5.91 Å². The van der Waals surface area contributed by atoms with Crippen LogP contribution in [0.3, 0.4) is 0 Å². The van der Waals surface area contributed by atoms with Gasteiger partial charge in [0.15, 0.2) is 0 Å². The van der Waals surface area contributed by atoms with Crippen molar-refractivity contribution in [3.05, 3.63) is 0 Å². The van der Waals surface area contributed by atoms with E-state index in [0.29, 0.717) is 25.9 Å². The van der Waals surface area contributed by atoms with E-state index in [9.17, 15) is 14.4 Å². The molecule has 1 unspecified atom stereocenters. The number of nitrogens with one attached hydrogen (secondary N) is 2. The number of carboxylic acids is 1. The highest BCUT2D eigenvalue weighted by atomic mass is 16.4. The molecule has 7 nitrogen and oxygen atoms in total. The van der Waals surface area contributed by atoms with Gasteiger partial charge in [-0.3, -0.25) is 4.79 Å². The third-order valence-corrected chi connectivity index (χ3v) is 2.88. The zero-order chi connectivity index (χ0) is 13.7. The predicted octanol–water partition coefficient (Wildman–Crippen LogP) is -0.230. The highest BCUT2D eigenvalue weighted by molar-refractivity contribution is 5.88. The summed E-state index contributed by atoms with van der Waals surface area (Å²) in [5.74, 6) is -1.29. The molecule has 0 aromatic carbocycles. The summed E-state index contributed by atoms with van der Waals surface area (Å²) in [5, 5.41) is 14.0. The third-order valence-electron chi connectivity index (χ3n) is 2.88. The van der Waals surface area contributed by atoms with Gasteiger partial charge in [-0.1, -0.05) is 0 Å². The largest absolute Gasteiger partial charge is 0.480 e. The van der Waals surface area contributed by atoms with Crippen LogP contribution < -0.4 is 10.6 Å². The van der Waals surface area contributed by atoms with Crippen molar-refractivity contribution < 1.29 is 19.5 Å². The van der Waals surface area contributed by atoms with E-state index in [0.717, 1.165) is 0 Å². The molecule has 3 N–H and O–H groups in total. The number of aliphatic carboxylic acids is 1. The minimum Gasteiger partial charge on any atom is -0.480 e. The van der Waals surface area contributed by atoms with Gasteiger partial charge in [0.05, 0.1) is 0 Å². The SMILES string of the molecule is CCNC(=O)C(C)NC(=O)N1CCC[C@H]1C(=O)O. The Morgan fingerprint density at radius 3 is 2.67 bits per heavy atom. The lowest BCUT2D eigenvalue weighted by Crippen LogP contribution is -2.52. The number of nitrogens with zero attached hydrogens (tertiary/aromatic N) is 1. The molecule has 0 aliphatic carbocycles. The van der Waals surface area contributed by atoms with E-state index in [-0.39, 0.29) is 5.91 Å². The third kappa shape index (κ3) is 3.35. The molecule has 0 aromatic rings. The summed E-state index contributed by atoms with van der Waals surface area (Å²) in [7, 11) is 0. The number of carbonyl (C=O) groups excluding carboxylic acids is 2. The lowest BCUT2D eigenvalue weighted by atomic mass is 10.2. The number of carbonyl (C=O) groups is 3. The average molecular weight is 257 g/mol. The van der Waals surface area contributed by atoms with Crippen LogP contribution in [0.15, 0.2) is 0 Å². The smallest absolute Gasteiger partial charge is 0.326 e. The van der Waals surface area contributed by atoms with E-state index in [1.165, 1.54) is 4.90 Å². The Kier molecular flexibility index (Phi) is 4.94. The molecule has 0 radical (unpaired) electrons. The Bertz CT molecular complexity index is 345. The normalized spacial score (nSPS) is 20.3. The molecular formula is C11H19N3O4. The van der Waals surface area contributed by atoms with Crippen LogP contribution in [-0.4, -0.2) is 53.1 Å². The molecule has 102 valence electrons. The number of carboxylic acid groups (broad SMARTS) is 1. The predicted molar refractivity (Wildman–Crippen MR) is 64.0 cm³/mol. The van der Waals surface area contributed by atoms with E-state index in [2.05, 4.69) is 10.6 Å². The topological polar surface area (TPSA) is 98.7 Å². The second-order valence-corrected chi connectivity index (χ2v) is 4.26. The molecule has 1 aliphatic rings. The summed E-state index contributed by atoms with van der Waals surface area (Å²) in [6.45, 7) is 4.24. The Morgan fingerprint density at radius 1 is 1.44 bits per heavy atom. The summed E-state index contributed by atoms with van der Waals surface area (Å²) in [6, 6.07) is -1.96. The minimum absolute atomic E-state index is 0.281. The van der Waals surface area contributed by atoms with Crippen molar-refractivity contribution in [1.82, 2.24) is 15.5 Å². The van der Waals surface area contributed by atoms with E-state index in [1.54, 1.807) is 13.8 Å². The quantitative estimate of drug-likeness (QED) is 0.647. The van der Waals surface area contributed by atoms with Gasteiger partial charge in [0, 0.05) is 13.1 Å². The molecule has 1 aliphatic heterocycles. The van der Waals surface area contributed by atoms with Crippen LogP contribution in [0, 0.1) is 0 Å². The average Bonchev–Trinajstić information content (AvgIpc) is 2.78. The van der Waals surface area contributed by atoms with Gasteiger partial charge in [0.1, 0.15) is 12.1 Å². The molecular weight excluding hydrogens is 238 g/mol. The monoisotopic (exact) mass is 257 g/mol. The van der Waals surface area contributed by atoms with E-state index >= 15 is 0 Å². The van der Waals surface area contributed by atoms with Crippen LogP contribution in [0.5, 0.6) is 0 Å². The maximum Gasteiger partial charge on any atom is 0.326 e. The number of hydrogen-bond acceptors (Lipinski definition) is 3. The lowest BCUT2D eigenvalue weighted by molar-refractivity contribution is -0.141. The standard InChI is InChI=1S/C11H19N3O4/c1-3-12-9(15)7(2)13-11(18)14-6-4-5-8(14)10(16)17/h7-8H,3-6H2,1-2H3,(H,12,15)(H,13,18)(H,16,17)/t7?,8-/m0/s1. The Labute approximate surface area is 106 Å². The van der Waals surface area contributed by atoms with Crippen LogP contribution in [0.2, 0.25) is 0 Å². The van der Waals surface area contributed by atoms with Gasteiger partial charge in [-0.15, -0.1) is 0 Å². The van der Waals surface area contributed by atoms with E-state index in [4.69, 9.17) is 5.11 Å². The van der Waals surface area contributed by atoms with Crippen LogP contribution in [0.1, 0.15) is 26.7 Å². The molecule has 1 fully saturated rings. The zero-order valence-electron chi connectivity index (χ0n) is 10.6. The molecule has 1 saturated heterocycles. The van der Waals surface area contributed by atoms with Gasteiger partial charge in [-0.25, -0.2) is 9.59 Å². The molecule has 1 rings (SSSR count). The Hall–Kier alpha value is -1.79. The van der Waals surface area contributed by atoms with Crippen molar-refractivity contribution in [1.29, 1.82) is 0 Å².